The highest BCUT2D eigenvalue weighted by Crippen LogP contribution is 2.23. The van der Waals surface area contributed by atoms with Crippen LogP contribution >= 0.6 is 11.6 Å². The Morgan fingerprint density at radius 2 is 2.31 bits per heavy atom. The van der Waals surface area contributed by atoms with Crippen LogP contribution in [0.4, 0.5) is 10.1 Å². The van der Waals surface area contributed by atoms with Gasteiger partial charge in [-0.2, -0.15) is 0 Å². The number of anilines is 1. The molecule has 4 heteroatoms. The molecule has 0 spiro atoms. The van der Waals surface area contributed by atoms with Gasteiger partial charge in [0.25, 0.3) is 0 Å². The smallest absolute Gasteiger partial charge is 0.141 e. The Bertz CT molecular complexity index is 370. The van der Waals surface area contributed by atoms with Crippen LogP contribution in [0, 0.1) is 11.7 Å². The molecule has 0 bridgehead atoms. The van der Waals surface area contributed by atoms with Gasteiger partial charge in [-0.05, 0) is 30.7 Å². The van der Waals surface area contributed by atoms with Gasteiger partial charge in [-0.3, -0.25) is 0 Å². The van der Waals surface area contributed by atoms with Crippen LogP contribution in [0.15, 0.2) is 18.2 Å². The lowest BCUT2D eigenvalue weighted by Crippen LogP contribution is -2.29. The van der Waals surface area contributed by atoms with Crippen molar-refractivity contribution in [3.63, 3.8) is 0 Å². The number of nitrogens with one attached hydrogen (secondary N) is 1. The lowest BCUT2D eigenvalue weighted by Gasteiger charge is -2.24. The predicted octanol–water partition coefficient (Wildman–Crippen LogP) is 2.52. The molecule has 1 heterocycles. The van der Waals surface area contributed by atoms with E-state index in [1.54, 1.807) is 12.1 Å². The summed E-state index contributed by atoms with van der Waals surface area (Å²) in [5.41, 5.74) is 1.00. The molecule has 1 aliphatic heterocycles. The van der Waals surface area contributed by atoms with E-state index in [0.29, 0.717) is 5.92 Å². The number of halogens is 2. The summed E-state index contributed by atoms with van der Waals surface area (Å²) in [4.78, 5) is 2.25. The van der Waals surface area contributed by atoms with Crippen LogP contribution in [0.2, 0.25) is 5.02 Å². The van der Waals surface area contributed by atoms with Gasteiger partial charge in [0.15, 0.2) is 0 Å². The largest absolute Gasteiger partial charge is 0.370 e. The standard InChI is InChI=1S/C12H16ClFN2/c1-9-7-15-4-5-16(8-9)10-2-3-12(14)11(13)6-10/h2-3,6,9,15H,4-5,7-8H2,1H3. The SMILES string of the molecule is CC1CNCCN(c2ccc(F)c(Cl)c2)C1. The Balaban J connectivity index is 2.18. The van der Waals surface area contributed by atoms with Crippen molar-refractivity contribution in [1.29, 1.82) is 0 Å². The van der Waals surface area contributed by atoms with Gasteiger partial charge in [0.05, 0.1) is 5.02 Å². The molecule has 1 N–H and O–H groups in total. The molecular weight excluding hydrogens is 227 g/mol. The first-order chi connectivity index (χ1) is 7.66. The normalized spacial score (nSPS) is 21.9. The van der Waals surface area contributed by atoms with E-state index >= 15 is 0 Å². The quantitative estimate of drug-likeness (QED) is 0.814. The van der Waals surface area contributed by atoms with Crippen molar-refractivity contribution < 1.29 is 4.39 Å². The summed E-state index contributed by atoms with van der Waals surface area (Å²) in [6.45, 7) is 6.11. The summed E-state index contributed by atoms with van der Waals surface area (Å²) >= 11 is 5.79. The maximum atomic E-state index is 13.1. The van der Waals surface area contributed by atoms with Gasteiger partial charge >= 0.3 is 0 Å². The monoisotopic (exact) mass is 242 g/mol. The van der Waals surface area contributed by atoms with E-state index < -0.39 is 0 Å². The Hall–Kier alpha value is -0.800. The van der Waals surface area contributed by atoms with Crippen molar-refractivity contribution in [3.8, 4) is 0 Å². The Morgan fingerprint density at radius 1 is 1.50 bits per heavy atom. The molecule has 1 saturated heterocycles. The maximum Gasteiger partial charge on any atom is 0.141 e. The van der Waals surface area contributed by atoms with Gasteiger partial charge in [-0.1, -0.05) is 18.5 Å². The van der Waals surface area contributed by atoms with E-state index in [2.05, 4.69) is 17.1 Å². The van der Waals surface area contributed by atoms with Crippen molar-refractivity contribution in [2.24, 2.45) is 5.92 Å². The molecule has 1 aromatic rings. The van der Waals surface area contributed by atoms with Gasteiger partial charge in [0, 0.05) is 25.3 Å². The topological polar surface area (TPSA) is 15.3 Å². The summed E-state index contributed by atoms with van der Waals surface area (Å²) < 4.78 is 13.1. The van der Waals surface area contributed by atoms with Crippen LogP contribution in [0.5, 0.6) is 0 Å². The fraction of sp³-hybridized carbons (Fsp3) is 0.500. The number of benzene rings is 1. The van der Waals surface area contributed by atoms with Crippen LogP contribution in [0.1, 0.15) is 6.92 Å². The number of rotatable bonds is 1. The molecule has 1 aliphatic rings. The van der Waals surface area contributed by atoms with E-state index in [-0.39, 0.29) is 10.8 Å². The Morgan fingerprint density at radius 3 is 3.06 bits per heavy atom. The average molecular weight is 243 g/mol. The van der Waals surface area contributed by atoms with Crippen LogP contribution in [0.3, 0.4) is 0 Å². The molecule has 1 unspecified atom stereocenters. The van der Waals surface area contributed by atoms with Gasteiger partial charge in [0.1, 0.15) is 5.82 Å². The van der Waals surface area contributed by atoms with E-state index in [1.807, 2.05) is 0 Å². The van der Waals surface area contributed by atoms with Crippen LogP contribution < -0.4 is 10.2 Å². The third-order valence-corrected chi connectivity index (χ3v) is 3.14. The highest BCUT2D eigenvalue weighted by molar-refractivity contribution is 6.31. The van der Waals surface area contributed by atoms with Crippen molar-refractivity contribution in [2.45, 2.75) is 6.92 Å². The second-order valence-electron chi connectivity index (χ2n) is 4.35. The third kappa shape index (κ3) is 2.66. The lowest BCUT2D eigenvalue weighted by atomic mass is 10.1. The molecule has 0 amide bonds. The summed E-state index contributed by atoms with van der Waals surface area (Å²) in [7, 11) is 0. The maximum absolute atomic E-state index is 13.1. The molecule has 0 aromatic heterocycles. The van der Waals surface area contributed by atoms with Crippen molar-refractivity contribution in [1.82, 2.24) is 5.32 Å². The molecule has 0 saturated carbocycles. The van der Waals surface area contributed by atoms with E-state index in [0.717, 1.165) is 31.9 Å². The van der Waals surface area contributed by atoms with Crippen LogP contribution in [-0.4, -0.2) is 26.2 Å². The first-order valence-corrected chi connectivity index (χ1v) is 5.95. The summed E-state index contributed by atoms with van der Waals surface area (Å²) in [5.74, 6) is 0.234. The fourth-order valence-corrected chi connectivity index (χ4v) is 2.19. The first-order valence-electron chi connectivity index (χ1n) is 5.57. The molecule has 2 nitrogen and oxygen atoms in total. The Labute approximate surface area is 100 Å². The molecule has 2 rings (SSSR count). The first kappa shape index (κ1) is 11.7. The second kappa shape index (κ2) is 5.02. The number of hydrogen-bond donors (Lipinski definition) is 1. The minimum atomic E-state index is -0.355. The highest BCUT2D eigenvalue weighted by Gasteiger charge is 2.15. The minimum absolute atomic E-state index is 0.197. The lowest BCUT2D eigenvalue weighted by molar-refractivity contribution is 0.564. The van der Waals surface area contributed by atoms with Gasteiger partial charge in [0.2, 0.25) is 0 Å². The zero-order valence-electron chi connectivity index (χ0n) is 9.34. The molecule has 0 aliphatic carbocycles. The molecule has 1 atom stereocenters. The molecule has 1 fully saturated rings. The van der Waals surface area contributed by atoms with E-state index in [4.69, 9.17) is 11.6 Å². The predicted molar refractivity (Wildman–Crippen MR) is 65.7 cm³/mol. The van der Waals surface area contributed by atoms with Gasteiger partial charge in [-0.25, -0.2) is 4.39 Å². The fourth-order valence-electron chi connectivity index (χ4n) is 2.01. The molecule has 1 aromatic carbocycles. The summed E-state index contributed by atoms with van der Waals surface area (Å²) in [6.07, 6.45) is 0. The van der Waals surface area contributed by atoms with Crippen LogP contribution in [-0.2, 0) is 0 Å². The molecular formula is C12H16ClFN2. The minimum Gasteiger partial charge on any atom is -0.370 e. The zero-order chi connectivity index (χ0) is 11.5. The van der Waals surface area contributed by atoms with Crippen molar-refractivity contribution >= 4 is 17.3 Å². The Kier molecular flexibility index (Phi) is 3.66. The van der Waals surface area contributed by atoms with Crippen molar-refractivity contribution in [2.75, 3.05) is 31.1 Å². The molecule has 88 valence electrons. The van der Waals surface area contributed by atoms with Gasteiger partial charge < -0.3 is 10.2 Å². The summed E-state index contributed by atoms with van der Waals surface area (Å²) in [6, 6.07) is 4.93. The van der Waals surface area contributed by atoms with E-state index in [9.17, 15) is 4.39 Å². The number of hydrogen-bond acceptors (Lipinski definition) is 2. The highest BCUT2D eigenvalue weighted by atomic mass is 35.5. The third-order valence-electron chi connectivity index (χ3n) is 2.85. The second-order valence-corrected chi connectivity index (χ2v) is 4.76. The average Bonchev–Trinajstić information content (AvgIpc) is 2.47. The number of nitrogens with zero attached hydrogens (tertiary/aromatic N) is 1. The van der Waals surface area contributed by atoms with E-state index in [1.165, 1.54) is 6.07 Å². The van der Waals surface area contributed by atoms with Gasteiger partial charge in [-0.15, -0.1) is 0 Å². The zero-order valence-corrected chi connectivity index (χ0v) is 10.1. The molecule has 16 heavy (non-hydrogen) atoms. The summed E-state index contributed by atoms with van der Waals surface area (Å²) in [5, 5.41) is 3.57. The van der Waals surface area contributed by atoms with Crippen LogP contribution in [0.25, 0.3) is 0 Å². The molecule has 0 radical (unpaired) electrons. The van der Waals surface area contributed by atoms with Crippen molar-refractivity contribution in [3.05, 3.63) is 29.0 Å².